The first-order chi connectivity index (χ1) is 8.19. The van der Waals surface area contributed by atoms with E-state index in [0.717, 1.165) is 6.42 Å². The van der Waals surface area contributed by atoms with Crippen molar-refractivity contribution in [2.45, 2.75) is 13.3 Å². The highest BCUT2D eigenvalue weighted by atomic mass is 16.5. The zero-order valence-corrected chi connectivity index (χ0v) is 9.92. The number of methoxy groups -OCH3 is 1. The summed E-state index contributed by atoms with van der Waals surface area (Å²) in [6.07, 6.45) is 4.96. The normalized spacial score (nSPS) is 9.76. The van der Waals surface area contributed by atoms with Gasteiger partial charge in [0, 0.05) is 18.9 Å². The largest absolute Gasteiger partial charge is 0.468 e. The highest BCUT2D eigenvalue weighted by Gasteiger charge is 2.18. The summed E-state index contributed by atoms with van der Waals surface area (Å²) >= 11 is 0. The van der Waals surface area contributed by atoms with Crippen molar-refractivity contribution in [2.24, 2.45) is 0 Å². The Bertz CT molecular complexity index is 381. The van der Waals surface area contributed by atoms with Crippen LogP contribution in [0.2, 0.25) is 0 Å². The van der Waals surface area contributed by atoms with Crippen LogP contribution in [-0.4, -0.2) is 46.9 Å². The van der Waals surface area contributed by atoms with E-state index >= 15 is 0 Å². The van der Waals surface area contributed by atoms with Crippen LogP contribution in [0.25, 0.3) is 0 Å². The zero-order chi connectivity index (χ0) is 12.7. The summed E-state index contributed by atoms with van der Waals surface area (Å²) < 4.78 is 4.55. The maximum absolute atomic E-state index is 12.0. The van der Waals surface area contributed by atoms with Crippen LogP contribution in [0.15, 0.2) is 18.7 Å². The molecule has 0 saturated carbocycles. The number of nitrogens with zero attached hydrogens (tertiary/aromatic N) is 3. The predicted octanol–water partition coefficient (Wildman–Crippen LogP) is 0.502. The fraction of sp³-hybridized carbons (Fsp3) is 0.455. The third-order valence-corrected chi connectivity index (χ3v) is 2.14. The topological polar surface area (TPSA) is 72.4 Å². The Morgan fingerprint density at radius 1 is 1.35 bits per heavy atom. The van der Waals surface area contributed by atoms with Crippen LogP contribution in [0, 0.1) is 0 Å². The maximum atomic E-state index is 12.0. The smallest absolute Gasteiger partial charge is 0.325 e. The molecule has 0 aliphatic carbocycles. The van der Waals surface area contributed by atoms with Gasteiger partial charge in [-0.3, -0.25) is 9.59 Å². The van der Waals surface area contributed by atoms with Crippen molar-refractivity contribution in [2.75, 3.05) is 20.2 Å². The van der Waals surface area contributed by atoms with Crippen LogP contribution in [0.1, 0.15) is 23.7 Å². The summed E-state index contributed by atoms with van der Waals surface area (Å²) in [6, 6.07) is 0. The monoisotopic (exact) mass is 237 g/mol. The van der Waals surface area contributed by atoms with Gasteiger partial charge in [0.05, 0.1) is 12.7 Å². The molecule has 1 amide bonds. The van der Waals surface area contributed by atoms with E-state index in [1.807, 2.05) is 6.92 Å². The Morgan fingerprint density at radius 2 is 2.00 bits per heavy atom. The average Bonchev–Trinajstić information content (AvgIpc) is 2.38. The van der Waals surface area contributed by atoms with Crippen LogP contribution in [-0.2, 0) is 9.53 Å². The fourth-order valence-corrected chi connectivity index (χ4v) is 1.33. The summed E-state index contributed by atoms with van der Waals surface area (Å²) in [5.74, 6) is -0.707. The van der Waals surface area contributed by atoms with E-state index in [0.29, 0.717) is 12.1 Å². The second-order valence-corrected chi connectivity index (χ2v) is 3.43. The van der Waals surface area contributed by atoms with Gasteiger partial charge in [0.15, 0.2) is 0 Å². The number of hydrogen-bond acceptors (Lipinski definition) is 5. The van der Waals surface area contributed by atoms with Gasteiger partial charge in [-0.15, -0.1) is 0 Å². The minimum Gasteiger partial charge on any atom is -0.468 e. The molecule has 0 aliphatic rings. The maximum Gasteiger partial charge on any atom is 0.325 e. The molecule has 0 bridgehead atoms. The molecule has 1 rings (SSSR count). The molecule has 0 spiro atoms. The molecule has 0 saturated heterocycles. The molecule has 1 aromatic heterocycles. The highest BCUT2D eigenvalue weighted by Crippen LogP contribution is 2.03. The summed E-state index contributed by atoms with van der Waals surface area (Å²) in [6.45, 7) is 2.36. The van der Waals surface area contributed by atoms with Crippen LogP contribution >= 0.6 is 0 Å². The van der Waals surface area contributed by atoms with E-state index in [1.54, 1.807) is 0 Å². The van der Waals surface area contributed by atoms with E-state index < -0.39 is 5.97 Å². The summed E-state index contributed by atoms with van der Waals surface area (Å²) in [4.78, 5) is 32.2. The summed E-state index contributed by atoms with van der Waals surface area (Å²) in [7, 11) is 1.29. The van der Waals surface area contributed by atoms with Gasteiger partial charge in [-0.2, -0.15) is 0 Å². The van der Waals surface area contributed by atoms with Gasteiger partial charge in [-0.05, 0) is 6.42 Å². The van der Waals surface area contributed by atoms with Crippen LogP contribution in [0.5, 0.6) is 0 Å². The van der Waals surface area contributed by atoms with Crippen LogP contribution in [0.3, 0.4) is 0 Å². The van der Waals surface area contributed by atoms with Crippen molar-refractivity contribution in [3.8, 4) is 0 Å². The van der Waals surface area contributed by atoms with Crippen molar-refractivity contribution >= 4 is 11.9 Å². The Morgan fingerprint density at radius 3 is 2.53 bits per heavy atom. The molecule has 0 atom stereocenters. The molecule has 0 unspecified atom stereocenters. The third-order valence-electron chi connectivity index (χ3n) is 2.14. The lowest BCUT2D eigenvalue weighted by atomic mass is 10.2. The average molecular weight is 237 g/mol. The van der Waals surface area contributed by atoms with Gasteiger partial charge in [-0.25, -0.2) is 9.97 Å². The number of ether oxygens (including phenoxy) is 1. The highest BCUT2D eigenvalue weighted by molar-refractivity contribution is 5.95. The molecular weight excluding hydrogens is 222 g/mol. The molecule has 6 nitrogen and oxygen atoms in total. The van der Waals surface area contributed by atoms with E-state index in [2.05, 4.69) is 14.7 Å². The van der Waals surface area contributed by atoms with Crippen LogP contribution in [0.4, 0.5) is 0 Å². The van der Waals surface area contributed by atoms with Crippen molar-refractivity contribution in [3.05, 3.63) is 24.3 Å². The van der Waals surface area contributed by atoms with E-state index in [9.17, 15) is 9.59 Å². The van der Waals surface area contributed by atoms with Gasteiger partial charge in [0.2, 0.25) is 0 Å². The summed E-state index contributed by atoms with van der Waals surface area (Å²) in [5.41, 5.74) is 0.366. The van der Waals surface area contributed by atoms with Gasteiger partial charge in [0.25, 0.3) is 5.91 Å². The Hall–Kier alpha value is -1.98. The number of carbonyl (C=O) groups is 2. The lowest BCUT2D eigenvalue weighted by Gasteiger charge is -2.20. The number of rotatable bonds is 5. The molecular formula is C11H15N3O3. The molecule has 0 N–H and O–H groups in total. The number of esters is 1. The fourth-order valence-electron chi connectivity index (χ4n) is 1.33. The number of carbonyl (C=O) groups excluding carboxylic acids is 2. The first-order valence-corrected chi connectivity index (χ1v) is 5.30. The van der Waals surface area contributed by atoms with Crippen molar-refractivity contribution in [1.29, 1.82) is 0 Å². The molecule has 1 aromatic rings. The molecule has 1 heterocycles. The van der Waals surface area contributed by atoms with Gasteiger partial charge in [-0.1, -0.05) is 6.92 Å². The predicted molar refractivity (Wildman–Crippen MR) is 60.2 cm³/mol. The summed E-state index contributed by atoms with van der Waals surface area (Å²) in [5, 5.41) is 0. The molecule has 17 heavy (non-hydrogen) atoms. The quantitative estimate of drug-likeness (QED) is 0.697. The molecule has 92 valence electrons. The van der Waals surface area contributed by atoms with E-state index in [-0.39, 0.29) is 12.5 Å². The van der Waals surface area contributed by atoms with Crippen molar-refractivity contribution < 1.29 is 14.3 Å². The SMILES string of the molecule is CCCN(CC(=O)OC)C(=O)c1cncnc1. The second kappa shape index (κ2) is 6.57. The Labute approximate surface area is 99.6 Å². The minimum atomic E-state index is -0.441. The lowest BCUT2D eigenvalue weighted by molar-refractivity contribution is -0.141. The standard InChI is InChI=1S/C11H15N3O3/c1-3-4-14(7-10(15)17-2)11(16)9-5-12-8-13-6-9/h5-6,8H,3-4,7H2,1-2H3. The number of hydrogen-bond donors (Lipinski definition) is 0. The Balaban J connectivity index is 2.77. The van der Waals surface area contributed by atoms with Crippen molar-refractivity contribution in [3.63, 3.8) is 0 Å². The van der Waals surface area contributed by atoms with E-state index in [4.69, 9.17) is 0 Å². The number of amides is 1. The lowest BCUT2D eigenvalue weighted by Crippen LogP contribution is -2.36. The molecule has 6 heteroatoms. The van der Waals surface area contributed by atoms with Gasteiger partial charge in [0.1, 0.15) is 12.9 Å². The van der Waals surface area contributed by atoms with Crippen molar-refractivity contribution in [1.82, 2.24) is 14.9 Å². The first-order valence-electron chi connectivity index (χ1n) is 5.30. The zero-order valence-electron chi connectivity index (χ0n) is 9.92. The first kappa shape index (κ1) is 13.1. The third kappa shape index (κ3) is 3.82. The van der Waals surface area contributed by atoms with Gasteiger partial charge >= 0.3 is 5.97 Å². The Kier molecular flexibility index (Phi) is 5.06. The minimum absolute atomic E-state index is 0.0575. The molecule has 0 aliphatic heterocycles. The van der Waals surface area contributed by atoms with Crippen LogP contribution < -0.4 is 0 Å². The number of aromatic nitrogens is 2. The molecule has 0 aromatic carbocycles. The second-order valence-electron chi connectivity index (χ2n) is 3.43. The molecule has 0 radical (unpaired) electrons. The molecule has 0 fully saturated rings. The van der Waals surface area contributed by atoms with E-state index in [1.165, 1.54) is 30.7 Å². The van der Waals surface area contributed by atoms with Gasteiger partial charge < -0.3 is 9.64 Å².